The second-order valence-corrected chi connectivity index (χ2v) is 31.9. The molecule has 2 aliphatic rings. The van der Waals surface area contributed by atoms with E-state index in [-0.39, 0.29) is 94.3 Å². The van der Waals surface area contributed by atoms with Crippen LogP contribution in [0.25, 0.3) is 10.8 Å². The second kappa shape index (κ2) is 49.7. The Kier molecular flexibility index (Phi) is 38.9. The molecule has 0 aliphatic carbocycles. The molecule has 0 bridgehead atoms. The lowest BCUT2D eigenvalue weighted by atomic mass is 9.99. The summed E-state index contributed by atoms with van der Waals surface area (Å²) >= 11 is 6.29. The van der Waals surface area contributed by atoms with Gasteiger partial charge >= 0.3 is 12.1 Å². The third-order valence-electron chi connectivity index (χ3n) is 20.5. The molecule has 0 spiro atoms. The Balaban J connectivity index is 1.11. The molecule has 3 heterocycles. The van der Waals surface area contributed by atoms with E-state index >= 15 is 28.8 Å². The van der Waals surface area contributed by atoms with E-state index in [1.54, 1.807) is 62.4 Å². The fraction of sp³-hybridized carbons (Fsp3) is 0.455. The third-order valence-corrected chi connectivity index (χ3v) is 20.8. The van der Waals surface area contributed by atoms with Gasteiger partial charge in [-0.1, -0.05) is 124 Å². The van der Waals surface area contributed by atoms with E-state index in [9.17, 15) is 48.3 Å². The number of halogens is 1. The number of unbranched alkanes of at least 4 members (excludes halogenated alkanes) is 1. The highest BCUT2D eigenvalue weighted by Gasteiger charge is 2.41. The second-order valence-electron chi connectivity index (χ2n) is 31.5. The monoisotopic (exact) mass is 1750 g/mol. The molecule has 5 aromatic carbocycles. The van der Waals surface area contributed by atoms with Crippen molar-refractivity contribution in [2.24, 2.45) is 11.7 Å². The number of urea groups is 2. The topological polar surface area (TPSA) is 517 Å². The number of benzene rings is 5. The number of aliphatic hydroxyl groups excluding tert-OH is 1. The standard InChI is InChI=1S/C88H115ClN18O18/c1-8-124-39-40-125-38-36-93-87(122)97-64-32-25-57(26-33-64)44-69(80(115)99-66(41-51(2)3)78(113)98-65(18-11-12-35-92-52(4)5)86(121)107-37-14-19-74(107)85(120)94-53(6)76(90)111)101-82(117)70(45-56-23-30-63(31-24-56)96-77(112)72-48-75(110)106-88(123)105-72)103-84(119)73(50-108)104-83(118)71(47-59-15-13-34-91-49-59)102-81(116)68(43-55-21-28-62(89)29-22-55)100-79(114)67(95-54(7)109)46-58-20-27-60-16-9-10-17-61(60)42-58/h9-10,13,15-17,20-34,42,49,51-53,65-74,92,108H,8,11-12,14,18-19,35-41,43-48,50H2,1-7H3,(H2,90,111)(H,94,120)(H,95,109)(H,96,112)(H,98,113)(H,99,115)(H,100,114)(H,101,117)(H,102,116)(H,103,119)(H,104,118)(H2,93,97,122)(H2,105,106,110,123)/t53-,65+,66+,67-,68-,69-,70+,71-,72+,73+,74+/m1/s1. The maximum absolute atomic E-state index is 15.6. The Labute approximate surface area is 730 Å². The highest BCUT2D eigenvalue weighted by molar-refractivity contribution is 6.30. The first kappa shape index (κ1) is 97.9. The van der Waals surface area contributed by atoms with Crippen LogP contribution >= 0.6 is 11.6 Å². The predicted molar refractivity (Wildman–Crippen MR) is 465 cm³/mol. The molecule has 1 aromatic heterocycles. The summed E-state index contributed by atoms with van der Waals surface area (Å²) in [5, 5.41) is 53.6. The minimum absolute atomic E-state index is 0.00141. The number of carbonyl (C=O) groups is 15. The van der Waals surface area contributed by atoms with Crippen LogP contribution in [0.3, 0.4) is 0 Å². The zero-order valence-corrected chi connectivity index (χ0v) is 71.9. The molecule has 6 aromatic rings. The number of pyridine rings is 1. The minimum Gasteiger partial charge on any atom is -0.394 e. The number of amides is 17. The number of ether oxygens (including phenoxy) is 2. The molecule has 0 saturated carbocycles. The predicted octanol–water partition coefficient (Wildman–Crippen LogP) is 2.20. The lowest BCUT2D eigenvalue weighted by Gasteiger charge is -2.31. The van der Waals surface area contributed by atoms with Gasteiger partial charge < -0.3 is 99.6 Å². The van der Waals surface area contributed by atoms with E-state index < -0.39 is 168 Å². The van der Waals surface area contributed by atoms with E-state index in [4.69, 9.17) is 26.8 Å². The summed E-state index contributed by atoms with van der Waals surface area (Å²) in [4.78, 5) is 216. The van der Waals surface area contributed by atoms with Crippen molar-refractivity contribution >= 4 is 123 Å². The fourth-order valence-electron chi connectivity index (χ4n) is 14.0. The van der Waals surface area contributed by atoms with Crippen molar-refractivity contribution in [3.8, 4) is 0 Å². The van der Waals surface area contributed by atoms with Gasteiger partial charge in [-0.25, -0.2) is 9.59 Å². The van der Waals surface area contributed by atoms with Crippen molar-refractivity contribution < 1.29 is 86.5 Å². The molecule has 11 atom stereocenters. The van der Waals surface area contributed by atoms with Crippen LogP contribution in [0.2, 0.25) is 5.02 Å². The molecule has 17 amide bonds. The van der Waals surface area contributed by atoms with Crippen molar-refractivity contribution in [2.45, 2.75) is 198 Å². The first-order valence-corrected chi connectivity index (χ1v) is 42.2. The van der Waals surface area contributed by atoms with Gasteiger partial charge in [-0.05, 0) is 146 Å². The first-order valence-electron chi connectivity index (χ1n) is 41.9. The largest absolute Gasteiger partial charge is 0.394 e. The highest BCUT2D eigenvalue weighted by Crippen LogP contribution is 2.24. The molecule has 2 saturated heterocycles. The van der Waals surface area contributed by atoms with Crippen LogP contribution < -0.4 is 85.5 Å². The Morgan fingerprint density at radius 1 is 0.552 bits per heavy atom. The highest BCUT2D eigenvalue weighted by atomic mass is 35.5. The number of hydrogen-bond acceptors (Lipinski definition) is 20. The van der Waals surface area contributed by atoms with Gasteiger partial charge in [0, 0.05) is 93.6 Å². The van der Waals surface area contributed by atoms with E-state index in [2.05, 4.69) is 84.7 Å². The summed E-state index contributed by atoms with van der Waals surface area (Å²) < 4.78 is 10.8. The van der Waals surface area contributed by atoms with Crippen LogP contribution in [-0.4, -0.2) is 229 Å². The third kappa shape index (κ3) is 32.6. The van der Waals surface area contributed by atoms with Crippen molar-refractivity contribution in [1.29, 1.82) is 0 Å². The summed E-state index contributed by atoms with van der Waals surface area (Å²) in [7, 11) is 0. The molecule has 2 fully saturated rings. The summed E-state index contributed by atoms with van der Waals surface area (Å²) in [5.74, 6) is -11.0. The zero-order valence-electron chi connectivity index (χ0n) is 71.2. The van der Waals surface area contributed by atoms with Gasteiger partial charge in [-0.3, -0.25) is 72.6 Å². The number of aliphatic hydroxyl groups is 1. The quantitative estimate of drug-likeness (QED) is 0.0243. The van der Waals surface area contributed by atoms with E-state index in [1.165, 1.54) is 67.5 Å². The maximum atomic E-state index is 15.6. The number of carbonyl (C=O) groups excluding carboxylic acids is 15. The number of anilines is 2. The number of likely N-dealkylation sites (tertiary alicyclic amines) is 1. The lowest BCUT2D eigenvalue weighted by molar-refractivity contribution is -0.142. The summed E-state index contributed by atoms with van der Waals surface area (Å²) in [6.45, 7) is 13.2. The van der Waals surface area contributed by atoms with Crippen molar-refractivity contribution in [3.63, 3.8) is 0 Å². The van der Waals surface area contributed by atoms with E-state index in [0.29, 0.717) is 78.6 Å². The van der Waals surface area contributed by atoms with Gasteiger partial charge in [0.1, 0.15) is 66.5 Å². The van der Waals surface area contributed by atoms with Crippen molar-refractivity contribution in [2.75, 3.05) is 63.3 Å². The molecule has 125 heavy (non-hydrogen) atoms. The zero-order chi connectivity index (χ0) is 90.7. The van der Waals surface area contributed by atoms with Gasteiger partial charge in [-0.15, -0.1) is 0 Å². The molecule has 0 radical (unpaired) electrons. The maximum Gasteiger partial charge on any atom is 0.322 e. The van der Waals surface area contributed by atoms with Crippen LogP contribution in [-0.2, 0) is 104 Å². The summed E-state index contributed by atoms with van der Waals surface area (Å²) in [6.07, 6.45) is 2.99. The van der Waals surface area contributed by atoms with Gasteiger partial charge in [0.2, 0.25) is 76.8 Å². The average Bonchev–Trinajstić information content (AvgIpc) is 1.72. The number of hydrogen-bond donors (Lipinski definition) is 17. The van der Waals surface area contributed by atoms with Crippen LogP contribution in [0.5, 0.6) is 0 Å². The fourth-order valence-corrected chi connectivity index (χ4v) is 14.1. The SMILES string of the molecule is CCOCCOCCNC(=O)Nc1ccc(C[C@@H](NC(=O)[C@H](Cc2ccc(NC(=O)[C@@H]3CC(=O)NC(=O)N3)cc2)NC(=O)[C@H](CO)NC(=O)[C@@H](Cc2cccnc2)NC(=O)[C@@H](Cc2ccc(Cl)cc2)NC(=O)[C@@H](Cc2ccc3ccccc3c2)NC(C)=O)C(=O)N[C@@H](CC(C)C)C(=O)N[C@@H](CCCCNC(C)C)C(=O)N2CCC[C@H]2C(=O)N[C@H](C)C(N)=O)cc1. The van der Waals surface area contributed by atoms with Crippen LogP contribution in [0.4, 0.5) is 21.0 Å². The number of imide groups is 1. The number of primary amides is 1. The Bertz CT molecular complexity index is 4690. The molecule has 2 aliphatic heterocycles. The summed E-state index contributed by atoms with van der Waals surface area (Å²) in [5.41, 5.74) is 8.22. The molecule has 672 valence electrons. The Morgan fingerprint density at radius 2 is 1.06 bits per heavy atom. The van der Waals surface area contributed by atoms with E-state index in [0.717, 1.165) is 10.8 Å². The Morgan fingerprint density at radius 3 is 1.61 bits per heavy atom. The smallest absolute Gasteiger partial charge is 0.322 e. The first-order chi connectivity index (χ1) is 59.8. The summed E-state index contributed by atoms with van der Waals surface area (Å²) in [6, 6.07) is 17.8. The molecule has 8 rings (SSSR count). The molecule has 36 nitrogen and oxygen atoms in total. The van der Waals surface area contributed by atoms with Crippen molar-refractivity contribution in [3.05, 3.63) is 173 Å². The van der Waals surface area contributed by atoms with Crippen LogP contribution in [0, 0.1) is 5.92 Å². The number of nitrogens with zero attached hydrogens (tertiary/aromatic N) is 2. The molecule has 37 heteroatoms. The Hall–Kier alpha value is -12.5. The van der Waals surface area contributed by atoms with Gasteiger partial charge in [0.25, 0.3) is 0 Å². The number of rotatable bonds is 48. The number of aromatic nitrogens is 1. The van der Waals surface area contributed by atoms with Gasteiger partial charge in [0.15, 0.2) is 0 Å². The van der Waals surface area contributed by atoms with E-state index in [1.807, 2.05) is 63.2 Å². The number of fused-ring (bicyclic) bond motifs is 1. The normalized spacial score (nSPS) is 15.8. The number of nitrogens with two attached hydrogens (primary N) is 1. The molecule has 18 N–H and O–H groups in total. The van der Waals surface area contributed by atoms with Gasteiger partial charge in [0.05, 0.1) is 32.8 Å². The molecule has 0 unspecified atom stereocenters. The minimum atomic E-state index is -1.93. The van der Waals surface area contributed by atoms with Crippen molar-refractivity contribution in [1.82, 2.24) is 79.0 Å². The molecular formula is C88H115ClN18O18. The van der Waals surface area contributed by atoms with Gasteiger partial charge in [-0.2, -0.15) is 0 Å². The lowest BCUT2D eigenvalue weighted by Crippen LogP contribution is -2.62. The average molecular weight is 1750 g/mol. The van der Waals surface area contributed by atoms with Crippen LogP contribution in [0.15, 0.2) is 140 Å². The van der Waals surface area contributed by atoms with Crippen LogP contribution in [0.1, 0.15) is 121 Å². The number of nitrogens with one attached hydrogen (secondary N) is 15. The molecular weight excluding hydrogens is 1630 g/mol.